The van der Waals surface area contributed by atoms with Gasteiger partial charge in [-0.2, -0.15) is 0 Å². The molecule has 0 fully saturated rings. The van der Waals surface area contributed by atoms with Crippen molar-refractivity contribution < 1.29 is 9.59 Å². The number of nitrogens with zero attached hydrogens (tertiary/aromatic N) is 1. The molecule has 144 valence electrons. The molecule has 0 radical (unpaired) electrons. The van der Waals surface area contributed by atoms with Gasteiger partial charge in [-0.25, -0.2) is 9.78 Å². The van der Waals surface area contributed by atoms with Gasteiger partial charge in [0.05, 0.1) is 12.1 Å². The van der Waals surface area contributed by atoms with Crippen molar-refractivity contribution in [2.45, 2.75) is 19.8 Å². The third-order valence-electron chi connectivity index (χ3n) is 3.89. The lowest BCUT2D eigenvalue weighted by molar-refractivity contribution is -0.115. The maximum Gasteiger partial charge on any atom is 0.325 e. The first-order chi connectivity index (χ1) is 13.5. The van der Waals surface area contributed by atoms with Gasteiger partial charge in [-0.1, -0.05) is 36.7 Å². The Morgan fingerprint density at radius 1 is 1.04 bits per heavy atom. The molecule has 3 aromatic rings. The Hall–Kier alpha value is -2.90. The van der Waals surface area contributed by atoms with Gasteiger partial charge in [0.2, 0.25) is 5.91 Å². The molecular weight excluding hydrogens is 396 g/mol. The zero-order valence-electron chi connectivity index (χ0n) is 15.2. The van der Waals surface area contributed by atoms with Gasteiger partial charge in [0, 0.05) is 21.8 Å². The standard InChI is InChI=1S/C20H19ClN4O2S/c1-2-13-5-3-4-6-17(13)24-18(26)11-16-12-28-20(23-16)25-19(27)22-15-9-7-14(21)8-10-15/h3-10,12H,2,11H2,1H3,(H,24,26)(H2,22,23,25,27). The third-order valence-corrected chi connectivity index (χ3v) is 4.95. The Balaban J connectivity index is 1.54. The Morgan fingerprint density at radius 2 is 1.79 bits per heavy atom. The second-order valence-corrected chi connectivity index (χ2v) is 7.26. The van der Waals surface area contributed by atoms with Crippen LogP contribution in [0.5, 0.6) is 0 Å². The Labute approximate surface area is 172 Å². The number of thiazole rings is 1. The SMILES string of the molecule is CCc1ccccc1NC(=O)Cc1csc(NC(=O)Nc2ccc(Cl)cc2)n1. The molecule has 0 bridgehead atoms. The van der Waals surface area contributed by atoms with Crippen LogP contribution in [0.3, 0.4) is 0 Å². The second-order valence-electron chi connectivity index (χ2n) is 5.97. The van der Waals surface area contributed by atoms with E-state index in [1.54, 1.807) is 29.6 Å². The van der Waals surface area contributed by atoms with Crippen LogP contribution in [0.15, 0.2) is 53.9 Å². The van der Waals surface area contributed by atoms with Gasteiger partial charge in [-0.05, 0) is 42.3 Å². The second kappa shape index (κ2) is 9.34. The van der Waals surface area contributed by atoms with Crippen LogP contribution in [0.25, 0.3) is 0 Å². The van der Waals surface area contributed by atoms with E-state index in [2.05, 4.69) is 20.9 Å². The quantitative estimate of drug-likeness (QED) is 0.519. The van der Waals surface area contributed by atoms with Crippen molar-refractivity contribution in [3.63, 3.8) is 0 Å². The van der Waals surface area contributed by atoms with Crippen LogP contribution in [0, 0.1) is 0 Å². The van der Waals surface area contributed by atoms with E-state index in [9.17, 15) is 9.59 Å². The van der Waals surface area contributed by atoms with E-state index < -0.39 is 6.03 Å². The number of benzene rings is 2. The number of rotatable bonds is 6. The largest absolute Gasteiger partial charge is 0.325 e. The Bertz CT molecular complexity index is 972. The molecule has 0 atom stereocenters. The monoisotopic (exact) mass is 414 g/mol. The molecule has 1 aromatic heterocycles. The fourth-order valence-electron chi connectivity index (χ4n) is 2.55. The molecule has 0 aliphatic heterocycles. The average Bonchev–Trinajstić information content (AvgIpc) is 3.10. The van der Waals surface area contributed by atoms with Gasteiger partial charge >= 0.3 is 6.03 Å². The number of hydrogen-bond acceptors (Lipinski definition) is 4. The van der Waals surface area contributed by atoms with E-state index in [4.69, 9.17) is 11.6 Å². The van der Waals surface area contributed by atoms with Crippen molar-refractivity contribution in [1.29, 1.82) is 0 Å². The number of nitrogens with one attached hydrogen (secondary N) is 3. The number of urea groups is 1. The molecule has 0 saturated heterocycles. The van der Waals surface area contributed by atoms with Crippen LogP contribution < -0.4 is 16.0 Å². The predicted octanol–water partition coefficient (Wildman–Crippen LogP) is 5.18. The summed E-state index contributed by atoms with van der Waals surface area (Å²) >= 11 is 7.08. The summed E-state index contributed by atoms with van der Waals surface area (Å²) < 4.78 is 0. The van der Waals surface area contributed by atoms with Crippen molar-refractivity contribution in [2.24, 2.45) is 0 Å². The van der Waals surface area contributed by atoms with Crippen LogP contribution >= 0.6 is 22.9 Å². The van der Waals surface area contributed by atoms with Crippen molar-refractivity contribution in [2.75, 3.05) is 16.0 Å². The van der Waals surface area contributed by atoms with Gasteiger partial charge < -0.3 is 10.6 Å². The van der Waals surface area contributed by atoms with Crippen molar-refractivity contribution in [3.8, 4) is 0 Å². The van der Waals surface area contributed by atoms with Gasteiger partial charge in [0.25, 0.3) is 0 Å². The molecule has 3 amide bonds. The highest BCUT2D eigenvalue weighted by molar-refractivity contribution is 7.14. The Kier molecular flexibility index (Phi) is 6.62. The number of aromatic nitrogens is 1. The first kappa shape index (κ1) is 19.9. The Morgan fingerprint density at radius 3 is 2.54 bits per heavy atom. The summed E-state index contributed by atoms with van der Waals surface area (Å²) in [6.45, 7) is 2.04. The molecule has 0 aliphatic carbocycles. The third kappa shape index (κ3) is 5.55. The summed E-state index contributed by atoms with van der Waals surface area (Å²) in [6, 6.07) is 14.1. The lowest BCUT2D eigenvalue weighted by Crippen LogP contribution is -2.19. The van der Waals surface area contributed by atoms with Crippen molar-refractivity contribution in [3.05, 3.63) is 70.2 Å². The zero-order chi connectivity index (χ0) is 19.9. The van der Waals surface area contributed by atoms with E-state index in [0.717, 1.165) is 17.7 Å². The number of para-hydroxylation sites is 1. The maximum atomic E-state index is 12.3. The van der Waals surface area contributed by atoms with E-state index >= 15 is 0 Å². The van der Waals surface area contributed by atoms with Crippen LogP contribution in [0.2, 0.25) is 5.02 Å². The van der Waals surface area contributed by atoms with Crippen LogP contribution in [0.4, 0.5) is 21.3 Å². The molecule has 28 heavy (non-hydrogen) atoms. The zero-order valence-corrected chi connectivity index (χ0v) is 16.7. The number of hydrogen-bond donors (Lipinski definition) is 3. The highest BCUT2D eigenvalue weighted by Crippen LogP contribution is 2.19. The van der Waals surface area contributed by atoms with Crippen LogP contribution in [0.1, 0.15) is 18.2 Å². The minimum Gasteiger partial charge on any atom is -0.325 e. The number of aryl methyl sites for hydroxylation is 1. The van der Waals surface area contributed by atoms with Gasteiger partial charge in [-0.15, -0.1) is 11.3 Å². The minimum atomic E-state index is -0.412. The number of halogens is 1. The summed E-state index contributed by atoms with van der Waals surface area (Å²) in [5, 5.41) is 11.0. The summed E-state index contributed by atoms with van der Waals surface area (Å²) in [4.78, 5) is 28.6. The van der Waals surface area contributed by atoms with E-state index in [0.29, 0.717) is 21.5 Å². The van der Waals surface area contributed by atoms with Crippen molar-refractivity contribution in [1.82, 2.24) is 4.98 Å². The molecule has 3 N–H and O–H groups in total. The molecule has 0 unspecified atom stereocenters. The molecule has 0 aliphatic rings. The molecule has 3 rings (SSSR count). The van der Waals surface area contributed by atoms with Crippen molar-refractivity contribution >= 4 is 51.4 Å². The van der Waals surface area contributed by atoms with Gasteiger partial charge in [0.15, 0.2) is 5.13 Å². The fraction of sp³-hybridized carbons (Fsp3) is 0.150. The lowest BCUT2D eigenvalue weighted by atomic mass is 10.1. The molecule has 0 spiro atoms. The van der Waals surface area contributed by atoms with E-state index in [1.807, 2.05) is 31.2 Å². The minimum absolute atomic E-state index is 0.134. The summed E-state index contributed by atoms with van der Waals surface area (Å²) in [5.41, 5.74) is 3.10. The molecular formula is C20H19ClN4O2S. The van der Waals surface area contributed by atoms with E-state index in [1.165, 1.54) is 11.3 Å². The number of carbonyl (C=O) groups excluding carboxylic acids is 2. The highest BCUT2D eigenvalue weighted by Gasteiger charge is 2.11. The lowest BCUT2D eigenvalue weighted by Gasteiger charge is -2.08. The van der Waals surface area contributed by atoms with Gasteiger partial charge in [0.1, 0.15) is 0 Å². The van der Waals surface area contributed by atoms with Crippen LogP contribution in [-0.4, -0.2) is 16.9 Å². The first-order valence-corrected chi connectivity index (χ1v) is 9.95. The molecule has 2 aromatic carbocycles. The normalized spacial score (nSPS) is 10.4. The van der Waals surface area contributed by atoms with E-state index in [-0.39, 0.29) is 12.3 Å². The highest BCUT2D eigenvalue weighted by atomic mass is 35.5. The smallest absolute Gasteiger partial charge is 0.325 e. The number of carbonyl (C=O) groups is 2. The first-order valence-electron chi connectivity index (χ1n) is 8.69. The molecule has 0 saturated carbocycles. The topological polar surface area (TPSA) is 83.1 Å². The maximum absolute atomic E-state index is 12.3. The van der Waals surface area contributed by atoms with Gasteiger partial charge in [-0.3, -0.25) is 10.1 Å². The summed E-state index contributed by atoms with van der Waals surface area (Å²) in [6.07, 6.45) is 0.971. The fourth-order valence-corrected chi connectivity index (χ4v) is 3.38. The number of anilines is 3. The number of amides is 3. The van der Waals surface area contributed by atoms with Crippen LogP contribution in [-0.2, 0) is 17.6 Å². The average molecular weight is 415 g/mol. The molecule has 6 nitrogen and oxygen atoms in total. The molecule has 1 heterocycles. The summed E-state index contributed by atoms with van der Waals surface area (Å²) in [5.74, 6) is -0.150. The predicted molar refractivity (Wildman–Crippen MR) is 114 cm³/mol. The molecule has 8 heteroatoms. The summed E-state index contributed by atoms with van der Waals surface area (Å²) in [7, 11) is 0.